The van der Waals surface area contributed by atoms with E-state index in [0.29, 0.717) is 31.0 Å². The zero-order valence-electron chi connectivity index (χ0n) is 12.3. The van der Waals surface area contributed by atoms with Gasteiger partial charge in [-0.25, -0.2) is 0 Å². The third-order valence-corrected chi connectivity index (χ3v) is 4.08. The van der Waals surface area contributed by atoms with Crippen molar-refractivity contribution in [1.29, 1.82) is 0 Å². The van der Waals surface area contributed by atoms with Crippen LogP contribution >= 0.6 is 0 Å². The quantitative estimate of drug-likeness (QED) is 0.558. The molecule has 0 amide bonds. The molecule has 0 aromatic carbocycles. The Bertz CT molecular complexity index is 247. The lowest BCUT2D eigenvalue weighted by Gasteiger charge is -2.36. The molecule has 3 heteroatoms. The van der Waals surface area contributed by atoms with Crippen LogP contribution in [0.1, 0.15) is 52.9 Å². The summed E-state index contributed by atoms with van der Waals surface area (Å²) in [5.74, 6) is 1.27. The Hall–Kier alpha value is -0.570. The molecule has 0 radical (unpaired) electrons. The van der Waals surface area contributed by atoms with Crippen LogP contribution in [0.3, 0.4) is 0 Å². The van der Waals surface area contributed by atoms with E-state index in [-0.39, 0.29) is 5.97 Å². The van der Waals surface area contributed by atoms with Gasteiger partial charge in [-0.15, -0.1) is 0 Å². The average molecular weight is 256 g/mol. The van der Waals surface area contributed by atoms with E-state index in [9.17, 15) is 4.79 Å². The lowest BCUT2D eigenvalue weighted by atomic mass is 9.69. The molecule has 18 heavy (non-hydrogen) atoms. The fourth-order valence-corrected chi connectivity index (χ4v) is 2.77. The first-order chi connectivity index (χ1) is 8.43. The summed E-state index contributed by atoms with van der Waals surface area (Å²) in [5, 5.41) is 0. The highest BCUT2D eigenvalue weighted by atomic mass is 16.6. The van der Waals surface area contributed by atoms with Crippen LogP contribution in [0.15, 0.2) is 0 Å². The number of hydrogen-bond donors (Lipinski definition) is 0. The first kappa shape index (κ1) is 15.5. The third kappa shape index (κ3) is 5.38. The zero-order valence-corrected chi connectivity index (χ0v) is 12.3. The summed E-state index contributed by atoms with van der Waals surface area (Å²) < 4.78 is 9.97. The van der Waals surface area contributed by atoms with Crippen molar-refractivity contribution in [1.82, 2.24) is 0 Å². The highest BCUT2D eigenvalue weighted by Crippen LogP contribution is 2.40. The maximum Gasteiger partial charge on any atom is 0.306 e. The molecule has 3 nitrogen and oxygen atoms in total. The number of methoxy groups -OCH3 is 1. The largest absolute Gasteiger partial charge is 0.463 e. The maximum atomic E-state index is 11.6. The van der Waals surface area contributed by atoms with Gasteiger partial charge in [0, 0.05) is 13.5 Å². The van der Waals surface area contributed by atoms with Gasteiger partial charge in [-0.3, -0.25) is 4.79 Å². The Labute approximate surface area is 111 Å². The Morgan fingerprint density at radius 1 is 1.11 bits per heavy atom. The van der Waals surface area contributed by atoms with Crippen LogP contribution in [-0.4, -0.2) is 26.3 Å². The fourth-order valence-electron chi connectivity index (χ4n) is 2.77. The van der Waals surface area contributed by atoms with Gasteiger partial charge in [0.15, 0.2) is 0 Å². The molecule has 0 heterocycles. The molecule has 1 aliphatic carbocycles. The number of rotatable bonds is 5. The van der Waals surface area contributed by atoms with Crippen molar-refractivity contribution in [3.05, 3.63) is 0 Å². The molecule has 0 aromatic rings. The molecule has 0 N–H and O–H groups in total. The lowest BCUT2D eigenvalue weighted by molar-refractivity contribution is -0.146. The average Bonchev–Trinajstić information content (AvgIpc) is 2.29. The predicted octanol–water partition coefficient (Wildman–Crippen LogP) is 3.42. The molecule has 1 fully saturated rings. The van der Waals surface area contributed by atoms with E-state index in [0.717, 1.165) is 5.92 Å². The molecule has 0 spiro atoms. The summed E-state index contributed by atoms with van der Waals surface area (Å²) in [6.07, 6.45) is 5.42. The minimum Gasteiger partial charge on any atom is -0.463 e. The normalized spacial score (nSPS) is 24.9. The molecule has 106 valence electrons. The maximum absolute atomic E-state index is 11.6. The third-order valence-electron chi connectivity index (χ3n) is 4.08. The van der Waals surface area contributed by atoms with Gasteiger partial charge in [-0.2, -0.15) is 0 Å². The van der Waals surface area contributed by atoms with E-state index >= 15 is 0 Å². The van der Waals surface area contributed by atoms with Crippen LogP contribution in [0.25, 0.3) is 0 Å². The zero-order chi connectivity index (χ0) is 13.6. The lowest BCUT2D eigenvalue weighted by Crippen LogP contribution is -2.27. The predicted molar refractivity (Wildman–Crippen MR) is 72.4 cm³/mol. The van der Waals surface area contributed by atoms with Gasteiger partial charge < -0.3 is 9.47 Å². The fraction of sp³-hybridized carbons (Fsp3) is 0.933. The molecule has 0 saturated heterocycles. The first-order valence-electron chi connectivity index (χ1n) is 7.08. The van der Waals surface area contributed by atoms with E-state index in [2.05, 4.69) is 20.8 Å². The smallest absolute Gasteiger partial charge is 0.306 e. The van der Waals surface area contributed by atoms with E-state index in [4.69, 9.17) is 9.47 Å². The summed E-state index contributed by atoms with van der Waals surface area (Å²) in [6.45, 7) is 7.82. The highest BCUT2D eigenvalue weighted by molar-refractivity contribution is 5.69. The molecule has 1 aliphatic rings. The van der Waals surface area contributed by atoms with E-state index in [1.807, 2.05) is 0 Å². The van der Waals surface area contributed by atoms with E-state index in [1.165, 1.54) is 25.7 Å². The van der Waals surface area contributed by atoms with Crippen molar-refractivity contribution in [2.24, 2.45) is 17.3 Å². The Morgan fingerprint density at radius 3 is 2.22 bits per heavy atom. The topological polar surface area (TPSA) is 35.5 Å². The Morgan fingerprint density at radius 2 is 1.72 bits per heavy atom. The van der Waals surface area contributed by atoms with Crippen molar-refractivity contribution in [2.45, 2.75) is 52.9 Å². The second kappa shape index (κ2) is 7.13. The highest BCUT2D eigenvalue weighted by Gasteiger charge is 2.30. The van der Waals surface area contributed by atoms with Gasteiger partial charge >= 0.3 is 5.97 Å². The SMILES string of the molecule is COCCOC(=O)CC1CCC(C(C)(C)C)CC1. The summed E-state index contributed by atoms with van der Waals surface area (Å²) >= 11 is 0. The van der Waals surface area contributed by atoms with Crippen LogP contribution in [-0.2, 0) is 14.3 Å². The number of hydrogen-bond acceptors (Lipinski definition) is 3. The molecular weight excluding hydrogens is 228 g/mol. The van der Waals surface area contributed by atoms with E-state index in [1.54, 1.807) is 7.11 Å². The van der Waals surface area contributed by atoms with Crippen LogP contribution in [0.5, 0.6) is 0 Å². The van der Waals surface area contributed by atoms with Crippen molar-refractivity contribution < 1.29 is 14.3 Å². The minimum atomic E-state index is -0.0636. The number of carbonyl (C=O) groups is 1. The first-order valence-corrected chi connectivity index (χ1v) is 7.08. The standard InChI is InChI=1S/C15H28O3/c1-15(2,3)13-7-5-12(6-8-13)11-14(16)18-10-9-17-4/h12-13H,5-11H2,1-4H3. The number of ether oxygens (including phenoxy) is 2. The van der Waals surface area contributed by atoms with Crippen LogP contribution in [0.4, 0.5) is 0 Å². The Balaban J connectivity index is 2.21. The molecule has 0 aliphatic heterocycles. The molecule has 1 saturated carbocycles. The minimum absolute atomic E-state index is 0.0636. The van der Waals surface area contributed by atoms with Gasteiger partial charge in [0.25, 0.3) is 0 Å². The van der Waals surface area contributed by atoms with Gasteiger partial charge in [-0.05, 0) is 42.9 Å². The Kier molecular flexibility index (Phi) is 6.13. The van der Waals surface area contributed by atoms with Crippen LogP contribution in [0, 0.1) is 17.3 Å². The van der Waals surface area contributed by atoms with Gasteiger partial charge in [-0.1, -0.05) is 20.8 Å². The molecule has 0 atom stereocenters. The summed E-state index contributed by atoms with van der Waals surface area (Å²) in [4.78, 5) is 11.6. The van der Waals surface area contributed by atoms with Gasteiger partial charge in [0.2, 0.25) is 0 Å². The molecule has 0 aromatic heterocycles. The van der Waals surface area contributed by atoms with Gasteiger partial charge in [0.05, 0.1) is 6.61 Å². The summed E-state index contributed by atoms with van der Waals surface area (Å²) in [7, 11) is 1.61. The van der Waals surface area contributed by atoms with Crippen molar-refractivity contribution in [3.8, 4) is 0 Å². The van der Waals surface area contributed by atoms with Gasteiger partial charge in [0.1, 0.15) is 6.61 Å². The second-order valence-corrected chi connectivity index (χ2v) is 6.50. The summed E-state index contributed by atoms with van der Waals surface area (Å²) in [5.41, 5.74) is 0.407. The second-order valence-electron chi connectivity index (χ2n) is 6.50. The molecule has 1 rings (SSSR count). The molecule has 0 bridgehead atoms. The number of esters is 1. The van der Waals surface area contributed by atoms with Crippen LogP contribution in [0.2, 0.25) is 0 Å². The molecular formula is C15H28O3. The van der Waals surface area contributed by atoms with Crippen molar-refractivity contribution in [2.75, 3.05) is 20.3 Å². The van der Waals surface area contributed by atoms with E-state index < -0.39 is 0 Å². The van der Waals surface area contributed by atoms with Crippen molar-refractivity contribution in [3.63, 3.8) is 0 Å². The van der Waals surface area contributed by atoms with Crippen molar-refractivity contribution >= 4 is 5.97 Å². The summed E-state index contributed by atoms with van der Waals surface area (Å²) in [6, 6.07) is 0. The van der Waals surface area contributed by atoms with Crippen LogP contribution < -0.4 is 0 Å². The number of carbonyl (C=O) groups excluding carboxylic acids is 1. The molecule has 0 unspecified atom stereocenters. The monoisotopic (exact) mass is 256 g/mol.